The standard InChI is InChI=1S/C11H15NO3.C10H13NO3.C10H11NO3.C6H15NO2/c1-2-15-11(14)6-5-10-4-3-9(8-13)7-12-10;2*1-14-10(13)5-3-8-2-4-9(7-12)11-6-8;1-5(2)4-8-6(3)9-7/h3-4,7,13H,2,5-6,8H2,1H3;2,4,6,12H,3,5,7H2,1H3;2-6,12H,7H2,1H3;5-6H,4,7H2,1-3H3/b;;5-3+;. The Kier molecular flexibility index (Phi) is 27.3. The Morgan fingerprint density at radius 3 is 1.79 bits per heavy atom. The van der Waals surface area contributed by atoms with Crippen LogP contribution in [0.25, 0.3) is 6.08 Å². The third kappa shape index (κ3) is 24.5. The lowest BCUT2D eigenvalue weighted by molar-refractivity contribution is -0.143. The average Bonchev–Trinajstić information content (AvgIpc) is 3.18. The van der Waals surface area contributed by atoms with Gasteiger partial charge in [-0.05, 0) is 67.2 Å². The number of aryl methyl sites for hydroxylation is 2. The molecule has 0 amide bonds. The molecule has 0 radical (unpaired) electrons. The topological polar surface area (TPSA) is 223 Å². The number of nitrogens with two attached hydrogens (primary N) is 1. The normalized spacial score (nSPS) is 10.8. The SMILES string of the molecule is CC(C)COC(C)ON.CCOC(=O)CCc1ccc(CO)cn1.COC(=O)/C=C/c1ccc(CO)nc1.COC(=O)CCc1ccc(CO)nc1. The highest BCUT2D eigenvalue weighted by molar-refractivity contribution is 5.86. The largest absolute Gasteiger partial charge is 0.469 e. The van der Waals surface area contributed by atoms with Gasteiger partial charge in [-0.1, -0.05) is 32.0 Å². The molecule has 0 aromatic carbocycles. The van der Waals surface area contributed by atoms with Crippen molar-refractivity contribution in [2.75, 3.05) is 27.4 Å². The summed E-state index contributed by atoms with van der Waals surface area (Å²) in [4.78, 5) is 49.1. The summed E-state index contributed by atoms with van der Waals surface area (Å²) in [5.74, 6) is 4.53. The minimum absolute atomic E-state index is 0.00877. The summed E-state index contributed by atoms with van der Waals surface area (Å²) in [5.41, 5.74) is 4.59. The number of carbonyl (C=O) groups excluding carboxylic acids is 3. The second kappa shape index (κ2) is 30.0. The van der Waals surface area contributed by atoms with E-state index in [0.29, 0.717) is 56.2 Å². The molecular formula is C37H54N4O11. The highest BCUT2D eigenvalue weighted by Gasteiger charge is 2.04. The number of carbonyl (C=O) groups is 3. The molecule has 0 aliphatic rings. The molecule has 0 aliphatic carbocycles. The first-order valence-corrected chi connectivity index (χ1v) is 16.6. The fourth-order valence-electron chi connectivity index (χ4n) is 3.43. The molecule has 0 saturated heterocycles. The van der Waals surface area contributed by atoms with Gasteiger partial charge >= 0.3 is 17.9 Å². The highest BCUT2D eigenvalue weighted by Crippen LogP contribution is 2.06. The molecule has 0 spiro atoms. The van der Waals surface area contributed by atoms with E-state index in [4.69, 9.17) is 30.7 Å². The van der Waals surface area contributed by atoms with E-state index in [1.165, 1.54) is 20.3 Å². The minimum Gasteiger partial charge on any atom is -0.469 e. The number of aliphatic hydroxyl groups is 3. The Balaban J connectivity index is 0.000000677. The van der Waals surface area contributed by atoms with Crippen molar-refractivity contribution in [3.8, 4) is 0 Å². The smallest absolute Gasteiger partial charge is 0.330 e. The first-order valence-electron chi connectivity index (χ1n) is 16.6. The number of hydrogen-bond acceptors (Lipinski definition) is 15. The van der Waals surface area contributed by atoms with Gasteiger partial charge in [0.15, 0.2) is 6.29 Å². The van der Waals surface area contributed by atoms with Crippen LogP contribution in [0.5, 0.6) is 0 Å². The molecule has 288 valence electrons. The number of pyridine rings is 3. The van der Waals surface area contributed by atoms with Crippen LogP contribution < -0.4 is 5.90 Å². The summed E-state index contributed by atoms with van der Waals surface area (Å²) in [6.45, 7) is 8.65. The number of methoxy groups -OCH3 is 2. The van der Waals surface area contributed by atoms with Gasteiger partial charge in [0.25, 0.3) is 0 Å². The Hall–Kier alpha value is -4.64. The van der Waals surface area contributed by atoms with Gasteiger partial charge in [0.2, 0.25) is 0 Å². The zero-order valence-electron chi connectivity index (χ0n) is 30.9. The van der Waals surface area contributed by atoms with Crippen molar-refractivity contribution in [2.45, 2.75) is 79.5 Å². The zero-order chi connectivity index (χ0) is 39.1. The lowest BCUT2D eigenvalue weighted by Gasteiger charge is -2.11. The molecule has 3 rings (SSSR count). The number of esters is 3. The molecule has 0 bridgehead atoms. The number of ether oxygens (including phenoxy) is 4. The molecule has 1 atom stereocenters. The van der Waals surface area contributed by atoms with E-state index in [9.17, 15) is 14.4 Å². The monoisotopic (exact) mass is 730 g/mol. The van der Waals surface area contributed by atoms with Crippen LogP contribution in [0.1, 0.15) is 74.3 Å². The first kappa shape index (κ1) is 47.4. The molecule has 15 nitrogen and oxygen atoms in total. The first-order chi connectivity index (χ1) is 24.9. The van der Waals surface area contributed by atoms with Crippen molar-refractivity contribution in [1.29, 1.82) is 0 Å². The van der Waals surface area contributed by atoms with E-state index >= 15 is 0 Å². The van der Waals surface area contributed by atoms with Crippen LogP contribution >= 0.6 is 0 Å². The summed E-state index contributed by atoms with van der Waals surface area (Å²) >= 11 is 0. The van der Waals surface area contributed by atoms with Gasteiger partial charge in [-0.2, -0.15) is 0 Å². The van der Waals surface area contributed by atoms with Crippen molar-refractivity contribution in [1.82, 2.24) is 15.0 Å². The Morgan fingerprint density at radius 1 is 0.750 bits per heavy atom. The van der Waals surface area contributed by atoms with Gasteiger partial charge in [0.05, 0.1) is 65.1 Å². The van der Waals surface area contributed by atoms with E-state index in [0.717, 1.165) is 22.4 Å². The zero-order valence-corrected chi connectivity index (χ0v) is 30.9. The summed E-state index contributed by atoms with van der Waals surface area (Å²) in [5, 5.41) is 26.3. The van der Waals surface area contributed by atoms with Crippen LogP contribution in [0.3, 0.4) is 0 Å². The van der Waals surface area contributed by atoms with Crippen LogP contribution in [0, 0.1) is 5.92 Å². The maximum absolute atomic E-state index is 11.0. The number of aromatic nitrogens is 3. The fraction of sp³-hybridized carbons (Fsp3) is 0.459. The van der Waals surface area contributed by atoms with Crippen molar-refractivity contribution >= 4 is 24.0 Å². The summed E-state index contributed by atoms with van der Waals surface area (Å²) in [6.07, 6.45) is 9.37. The molecule has 15 heteroatoms. The third-order valence-electron chi connectivity index (χ3n) is 6.33. The number of aliphatic hydroxyl groups excluding tert-OH is 3. The van der Waals surface area contributed by atoms with Crippen LogP contribution in [0.2, 0.25) is 0 Å². The predicted molar refractivity (Wildman–Crippen MR) is 192 cm³/mol. The van der Waals surface area contributed by atoms with Gasteiger partial charge in [0.1, 0.15) is 0 Å². The summed E-state index contributed by atoms with van der Waals surface area (Å²) in [6, 6.07) is 10.7. The molecular weight excluding hydrogens is 676 g/mol. The maximum atomic E-state index is 11.0. The Morgan fingerprint density at radius 2 is 1.33 bits per heavy atom. The lowest BCUT2D eigenvalue weighted by Crippen LogP contribution is -2.19. The van der Waals surface area contributed by atoms with Gasteiger partial charge in [-0.3, -0.25) is 29.4 Å². The van der Waals surface area contributed by atoms with Crippen LogP contribution in [0.15, 0.2) is 61.1 Å². The average molecular weight is 731 g/mol. The number of rotatable bonds is 16. The fourth-order valence-corrected chi connectivity index (χ4v) is 3.43. The number of nitrogens with zero attached hydrogens (tertiary/aromatic N) is 3. The Labute approximate surface area is 305 Å². The molecule has 0 aliphatic heterocycles. The van der Waals surface area contributed by atoms with E-state index in [1.54, 1.807) is 62.8 Å². The van der Waals surface area contributed by atoms with E-state index in [1.807, 2.05) is 12.1 Å². The van der Waals surface area contributed by atoms with Crippen molar-refractivity contribution in [3.05, 3.63) is 94.8 Å². The lowest BCUT2D eigenvalue weighted by atomic mass is 10.1. The molecule has 0 fully saturated rings. The van der Waals surface area contributed by atoms with E-state index < -0.39 is 5.97 Å². The van der Waals surface area contributed by atoms with Crippen molar-refractivity contribution in [3.63, 3.8) is 0 Å². The van der Waals surface area contributed by atoms with Crippen molar-refractivity contribution < 1.29 is 53.5 Å². The minimum atomic E-state index is -0.406. The van der Waals surface area contributed by atoms with E-state index in [2.05, 4.69) is 43.1 Å². The molecule has 5 N–H and O–H groups in total. The quantitative estimate of drug-likeness (QED) is 0.0545. The number of hydrogen-bond donors (Lipinski definition) is 4. The summed E-state index contributed by atoms with van der Waals surface area (Å²) < 4.78 is 18.9. The van der Waals surface area contributed by atoms with Gasteiger partial charge < -0.3 is 34.3 Å². The van der Waals surface area contributed by atoms with E-state index in [-0.39, 0.29) is 38.0 Å². The van der Waals surface area contributed by atoms with Crippen LogP contribution in [-0.4, -0.2) is 81.9 Å². The molecule has 0 saturated carbocycles. The van der Waals surface area contributed by atoms with Gasteiger partial charge in [0, 0.05) is 43.2 Å². The highest BCUT2D eigenvalue weighted by atomic mass is 16.7. The van der Waals surface area contributed by atoms with Crippen LogP contribution in [0.4, 0.5) is 0 Å². The molecule has 3 aromatic heterocycles. The maximum Gasteiger partial charge on any atom is 0.330 e. The van der Waals surface area contributed by atoms with Gasteiger partial charge in [-0.25, -0.2) is 10.7 Å². The second-order valence-corrected chi connectivity index (χ2v) is 11.0. The van der Waals surface area contributed by atoms with Crippen LogP contribution in [-0.2, 0) is 70.8 Å². The Bertz CT molecular complexity index is 1400. The summed E-state index contributed by atoms with van der Waals surface area (Å²) in [7, 11) is 2.69. The molecule has 52 heavy (non-hydrogen) atoms. The second-order valence-electron chi connectivity index (χ2n) is 11.0. The third-order valence-corrected chi connectivity index (χ3v) is 6.33. The molecule has 1 unspecified atom stereocenters. The van der Waals surface area contributed by atoms with Crippen molar-refractivity contribution in [2.24, 2.45) is 11.8 Å². The molecule has 3 aromatic rings. The van der Waals surface area contributed by atoms with Gasteiger partial charge in [-0.15, -0.1) is 0 Å². The molecule has 3 heterocycles. The predicted octanol–water partition coefficient (Wildman–Crippen LogP) is 3.40.